The molecule has 1 atom stereocenters. The van der Waals surface area contributed by atoms with Crippen molar-refractivity contribution >= 4 is 22.1 Å². The lowest BCUT2D eigenvalue weighted by Gasteiger charge is -2.20. The maximum absolute atomic E-state index is 12.9. The van der Waals surface area contributed by atoms with Gasteiger partial charge in [-0.05, 0) is 38.0 Å². The van der Waals surface area contributed by atoms with E-state index in [2.05, 4.69) is 20.8 Å². The Morgan fingerprint density at radius 1 is 0.561 bits per heavy atom. The molecule has 0 N–H and O–H groups in total. The van der Waals surface area contributed by atoms with Gasteiger partial charge in [0.25, 0.3) is 10.1 Å². The van der Waals surface area contributed by atoms with Crippen molar-refractivity contribution < 1.29 is 31.7 Å². The Hall–Kier alpha value is -1.15. The zero-order valence-corrected chi connectivity index (χ0v) is 27.9. The Balaban J connectivity index is 4.78. The summed E-state index contributed by atoms with van der Waals surface area (Å²) in [7, 11) is -3.46. The van der Waals surface area contributed by atoms with Crippen LogP contribution in [0.4, 0.5) is 0 Å². The third kappa shape index (κ3) is 28.7. The monoisotopic (exact) mass is 604 g/mol. The van der Waals surface area contributed by atoms with Crippen LogP contribution in [-0.4, -0.2) is 46.4 Å². The number of carbonyl (C=O) groups excluding carboxylic acids is 2. The molecule has 244 valence electrons. The molecule has 0 fully saturated rings. The Labute approximate surface area is 253 Å². The van der Waals surface area contributed by atoms with Gasteiger partial charge in [0.05, 0.1) is 26.1 Å². The molecule has 0 aliphatic heterocycles. The lowest BCUT2D eigenvalue weighted by molar-refractivity contribution is -0.150. The number of esters is 2. The first-order valence-corrected chi connectivity index (χ1v) is 18.7. The fourth-order valence-electron chi connectivity index (χ4n) is 5.04. The summed E-state index contributed by atoms with van der Waals surface area (Å²) in [5.74, 6) is -0.120. The number of hydrogen-bond donors (Lipinski definition) is 0. The fraction of sp³-hybridized carbons (Fsp3) is 0.939. The molecule has 8 heteroatoms. The molecular weight excluding hydrogens is 540 g/mol. The molecule has 0 bridgehead atoms. The van der Waals surface area contributed by atoms with Crippen LogP contribution in [0.2, 0.25) is 0 Å². The molecule has 41 heavy (non-hydrogen) atoms. The Kier molecular flexibility index (Phi) is 26.9. The normalized spacial score (nSPS) is 12.5. The van der Waals surface area contributed by atoms with Crippen LogP contribution in [0.3, 0.4) is 0 Å². The van der Waals surface area contributed by atoms with Crippen molar-refractivity contribution in [3.63, 3.8) is 0 Å². The van der Waals surface area contributed by atoms with Gasteiger partial charge >= 0.3 is 11.9 Å². The van der Waals surface area contributed by atoms with Crippen LogP contribution in [0, 0.1) is 11.8 Å². The third-order valence-electron chi connectivity index (χ3n) is 7.64. The summed E-state index contributed by atoms with van der Waals surface area (Å²) >= 11 is 0. The second-order valence-corrected chi connectivity index (χ2v) is 13.5. The minimum absolute atomic E-state index is 0.108. The van der Waals surface area contributed by atoms with Crippen molar-refractivity contribution in [1.29, 1.82) is 0 Å². The summed E-state index contributed by atoms with van der Waals surface area (Å²) in [5.41, 5.74) is 0. The van der Waals surface area contributed by atoms with Gasteiger partial charge in [-0.3, -0.25) is 13.8 Å². The van der Waals surface area contributed by atoms with Crippen molar-refractivity contribution in [1.82, 2.24) is 0 Å². The van der Waals surface area contributed by atoms with E-state index in [1.807, 2.05) is 0 Å². The predicted molar refractivity (Wildman–Crippen MR) is 168 cm³/mol. The molecule has 7 nitrogen and oxygen atoms in total. The molecule has 0 heterocycles. The first-order valence-electron chi connectivity index (χ1n) is 16.9. The number of carbonyl (C=O) groups is 2. The van der Waals surface area contributed by atoms with Crippen LogP contribution < -0.4 is 0 Å². The average Bonchev–Trinajstić information content (AvgIpc) is 2.92. The molecule has 0 amide bonds. The van der Waals surface area contributed by atoms with Crippen LogP contribution in [0.5, 0.6) is 0 Å². The van der Waals surface area contributed by atoms with Gasteiger partial charge in [-0.1, -0.05) is 117 Å². The maximum atomic E-state index is 12.9. The summed E-state index contributed by atoms with van der Waals surface area (Å²) in [6.45, 7) is 7.12. The van der Waals surface area contributed by atoms with E-state index in [1.165, 1.54) is 77.0 Å². The molecule has 0 saturated carbocycles. The van der Waals surface area contributed by atoms with Gasteiger partial charge in [-0.15, -0.1) is 0 Å². The highest BCUT2D eigenvalue weighted by Crippen LogP contribution is 2.23. The molecular formula is C33H64O7S. The summed E-state index contributed by atoms with van der Waals surface area (Å²) in [4.78, 5) is 25.0. The summed E-state index contributed by atoms with van der Waals surface area (Å²) in [5, 5.41) is 0. The molecule has 0 aromatic carbocycles. The van der Waals surface area contributed by atoms with E-state index < -0.39 is 10.1 Å². The van der Waals surface area contributed by atoms with Gasteiger partial charge in [0.1, 0.15) is 0 Å². The number of hydrogen-bond acceptors (Lipinski definition) is 7. The molecule has 0 radical (unpaired) electrons. The lowest BCUT2D eigenvalue weighted by Crippen LogP contribution is -2.22. The minimum atomic E-state index is -3.46. The second-order valence-electron chi connectivity index (χ2n) is 11.9. The second kappa shape index (κ2) is 27.7. The topological polar surface area (TPSA) is 96.0 Å². The number of unbranched alkanes of at least 4 members (excludes halogenated alkanes) is 13. The quantitative estimate of drug-likeness (QED) is 0.0459. The van der Waals surface area contributed by atoms with Gasteiger partial charge in [0, 0.05) is 18.8 Å². The third-order valence-corrected chi connectivity index (χ3v) is 8.23. The van der Waals surface area contributed by atoms with Crippen LogP contribution in [-0.2, 0) is 33.4 Å². The van der Waals surface area contributed by atoms with Gasteiger partial charge in [-0.2, -0.15) is 8.42 Å². The van der Waals surface area contributed by atoms with E-state index in [0.29, 0.717) is 38.0 Å². The zero-order valence-electron chi connectivity index (χ0n) is 27.1. The molecule has 0 saturated heterocycles. The first kappa shape index (κ1) is 39.8. The highest BCUT2D eigenvalue weighted by molar-refractivity contribution is 7.85. The van der Waals surface area contributed by atoms with Gasteiger partial charge in [0.2, 0.25) is 0 Å². The van der Waals surface area contributed by atoms with Crippen LogP contribution in [0.25, 0.3) is 0 Å². The predicted octanol–water partition coefficient (Wildman–Crippen LogP) is 8.92. The average molecular weight is 605 g/mol. The first-order chi connectivity index (χ1) is 19.7. The van der Waals surface area contributed by atoms with E-state index in [1.54, 1.807) is 0 Å². The summed E-state index contributed by atoms with van der Waals surface area (Å²) in [6, 6.07) is 0. The van der Waals surface area contributed by atoms with Crippen LogP contribution in [0.1, 0.15) is 162 Å². The molecule has 0 aliphatic carbocycles. The number of ether oxygens (including phenoxy) is 2. The van der Waals surface area contributed by atoms with Crippen molar-refractivity contribution in [2.24, 2.45) is 11.8 Å². The molecule has 1 unspecified atom stereocenters. The molecule has 0 aromatic heterocycles. The Morgan fingerprint density at radius 3 is 1.54 bits per heavy atom. The maximum Gasteiger partial charge on any atom is 0.306 e. The SMILES string of the molecule is CCCCCCCCC(CCCCCCCC)CC(=O)OCC(CCCCOS(C)(=O)=O)COC(=O)CCCCC. The van der Waals surface area contributed by atoms with Gasteiger partial charge in [0.15, 0.2) is 0 Å². The Bertz CT molecular complexity index is 707. The van der Waals surface area contributed by atoms with Crippen LogP contribution in [0.15, 0.2) is 0 Å². The van der Waals surface area contributed by atoms with E-state index in [0.717, 1.165) is 38.4 Å². The van der Waals surface area contributed by atoms with Crippen molar-refractivity contribution in [3.8, 4) is 0 Å². The molecule has 0 rings (SSSR count). The minimum Gasteiger partial charge on any atom is -0.465 e. The van der Waals surface area contributed by atoms with Crippen molar-refractivity contribution in [3.05, 3.63) is 0 Å². The lowest BCUT2D eigenvalue weighted by atomic mass is 9.91. The summed E-state index contributed by atoms with van der Waals surface area (Å²) < 4.78 is 38.5. The van der Waals surface area contributed by atoms with E-state index in [4.69, 9.17) is 13.7 Å². The van der Waals surface area contributed by atoms with Crippen molar-refractivity contribution in [2.75, 3.05) is 26.1 Å². The highest BCUT2D eigenvalue weighted by Gasteiger charge is 2.19. The Morgan fingerprint density at radius 2 is 1.00 bits per heavy atom. The molecule has 0 spiro atoms. The standard InChI is InChI=1S/C33H64O7S/c1-5-8-11-13-15-18-22-30(23-19-16-14-12-9-6-2)27-33(35)39-29-31(24-20-21-26-40-41(4,36)37)28-38-32(34)25-17-10-7-3/h30-31H,5-29H2,1-4H3. The van der Waals surface area contributed by atoms with E-state index in [-0.39, 0.29) is 37.7 Å². The van der Waals surface area contributed by atoms with Crippen molar-refractivity contribution in [2.45, 2.75) is 162 Å². The van der Waals surface area contributed by atoms with E-state index >= 15 is 0 Å². The summed E-state index contributed by atoms with van der Waals surface area (Å²) in [6.07, 6.45) is 23.9. The largest absolute Gasteiger partial charge is 0.465 e. The van der Waals surface area contributed by atoms with Gasteiger partial charge in [-0.25, -0.2) is 0 Å². The van der Waals surface area contributed by atoms with E-state index in [9.17, 15) is 18.0 Å². The molecule has 0 aromatic rings. The smallest absolute Gasteiger partial charge is 0.306 e. The zero-order chi connectivity index (χ0) is 30.6. The van der Waals surface area contributed by atoms with Gasteiger partial charge < -0.3 is 9.47 Å². The van der Waals surface area contributed by atoms with Crippen LogP contribution >= 0.6 is 0 Å². The fourth-order valence-corrected chi connectivity index (χ4v) is 5.46. The highest BCUT2D eigenvalue weighted by atomic mass is 32.2. The number of rotatable bonds is 30. The molecule has 0 aliphatic rings.